The van der Waals surface area contributed by atoms with E-state index in [2.05, 4.69) is 12.2 Å². The third-order valence-corrected chi connectivity index (χ3v) is 3.73. The van der Waals surface area contributed by atoms with Crippen LogP contribution >= 0.6 is 0 Å². The number of halogens is 1. The Balaban J connectivity index is 2.09. The van der Waals surface area contributed by atoms with E-state index in [4.69, 9.17) is 0 Å². The van der Waals surface area contributed by atoms with Gasteiger partial charge in [0.15, 0.2) is 0 Å². The molecule has 0 radical (unpaired) electrons. The first-order valence-corrected chi connectivity index (χ1v) is 6.38. The van der Waals surface area contributed by atoms with Gasteiger partial charge in [-0.3, -0.25) is 0 Å². The molecule has 3 atom stereocenters. The molecule has 17 heavy (non-hydrogen) atoms. The van der Waals surface area contributed by atoms with Crippen LogP contribution in [0.5, 0.6) is 0 Å². The number of piperidine rings is 1. The zero-order valence-electron chi connectivity index (χ0n) is 10.2. The van der Waals surface area contributed by atoms with Gasteiger partial charge in [0.1, 0.15) is 5.82 Å². The molecule has 1 aromatic rings. The van der Waals surface area contributed by atoms with Crippen LogP contribution in [-0.4, -0.2) is 17.7 Å². The summed E-state index contributed by atoms with van der Waals surface area (Å²) >= 11 is 0. The summed E-state index contributed by atoms with van der Waals surface area (Å²) < 4.78 is 13.6. The summed E-state index contributed by atoms with van der Waals surface area (Å²) in [6.45, 7) is 3.08. The van der Waals surface area contributed by atoms with Gasteiger partial charge in [0.05, 0.1) is 6.10 Å². The lowest BCUT2D eigenvalue weighted by molar-refractivity contribution is 0.0948. The quantitative estimate of drug-likeness (QED) is 0.847. The van der Waals surface area contributed by atoms with E-state index in [1.165, 1.54) is 6.07 Å². The fourth-order valence-electron chi connectivity index (χ4n) is 2.58. The minimum absolute atomic E-state index is 0.0226. The predicted octanol–water partition coefficient (Wildman–Crippen LogP) is 2.64. The fourth-order valence-corrected chi connectivity index (χ4v) is 2.58. The topological polar surface area (TPSA) is 32.3 Å². The highest BCUT2D eigenvalue weighted by Crippen LogP contribution is 2.28. The minimum atomic E-state index is -0.745. The molecule has 0 aliphatic carbocycles. The lowest BCUT2D eigenvalue weighted by atomic mass is 9.86. The van der Waals surface area contributed by atoms with Crippen molar-refractivity contribution in [1.29, 1.82) is 0 Å². The predicted molar refractivity (Wildman–Crippen MR) is 66.2 cm³/mol. The van der Waals surface area contributed by atoms with E-state index < -0.39 is 6.10 Å². The van der Waals surface area contributed by atoms with Crippen LogP contribution in [0.1, 0.15) is 37.9 Å². The van der Waals surface area contributed by atoms with E-state index in [1.54, 1.807) is 18.2 Å². The number of aliphatic hydroxyl groups excluding tert-OH is 1. The molecular weight excluding hydrogens is 217 g/mol. The van der Waals surface area contributed by atoms with Crippen molar-refractivity contribution in [2.45, 2.75) is 38.3 Å². The Morgan fingerprint density at radius 2 is 2.24 bits per heavy atom. The number of hydrogen-bond acceptors (Lipinski definition) is 2. The third kappa shape index (κ3) is 2.85. The van der Waals surface area contributed by atoms with Crippen LogP contribution in [0.15, 0.2) is 24.3 Å². The molecule has 3 unspecified atom stereocenters. The first kappa shape index (κ1) is 12.5. The highest BCUT2D eigenvalue weighted by atomic mass is 19.1. The molecule has 0 aromatic heterocycles. The first-order chi connectivity index (χ1) is 8.22. The molecular formula is C14H20FNO. The van der Waals surface area contributed by atoms with E-state index in [-0.39, 0.29) is 11.9 Å². The van der Waals surface area contributed by atoms with Crippen molar-refractivity contribution in [1.82, 2.24) is 5.32 Å². The van der Waals surface area contributed by atoms with Gasteiger partial charge in [-0.1, -0.05) is 31.5 Å². The molecule has 94 valence electrons. The number of aliphatic hydroxyl groups is 1. The third-order valence-electron chi connectivity index (χ3n) is 3.73. The van der Waals surface area contributed by atoms with Crippen LogP contribution in [0.2, 0.25) is 0 Å². The summed E-state index contributed by atoms with van der Waals surface area (Å²) in [7, 11) is 0. The SMILES string of the molecule is CCC1CCNC(C(O)c2ccccc2F)C1. The van der Waals surface area contributed by atoms with Crippen molar-refractivity contribution in [2.75, 3.05) is 6.54 Å². The van der Waals surface area contributed by atoms with Gasteiger partial charge in [-0.15, -0.1) is 0 Å². The van der Waals surface area contributed by atoms with Crippen molar-refractivity contribution in [3.8, 4) is 0 Å². The van der Waals surface area contributed by atoms with E-state index in [0.29, 0.717) is 11.5 Å². The van der Waals surface area contributed by atoms with Gasteiger partial charge >= 0.3 is 0 Å². The standard InChI is InChI=1S/C14H20FNO/c1-2-10-7-8-16-13(9-10)14(17)11-5-3-4-6-12(11)15/h3-6,10,13-14,16-17H,2,7-9H2,1H3. The summed E-state index contributed by atoms with van der Waals surface area (Å²) in [5.74, 6) is 0.322. The molecule has 2 nitrogen and oxygen atoms in total. The number of hydrogen-bond donors (Lipinski definition) is 2. The summed E-state index contributed by atoms with van der Waals surface area (Å²) in [5.41, 5.74) is 0.404. The molecule has 0 amide bonds. The largest absolute Gasteiger partial charge is 0.387 e. The highest BCUT2D eigenvalue weighted by molar-refractivity contribution is 5.21. The van der Waals surface area contributed by atoms with Gasteiger partial charge in [0.2, 0.25) is 0 Å². The van der Waals surface area contributed by atoms with Crippen LogP contribution in [0, 0.1) is 11.7 Å². The maximum Gasteiger partial charge on any atom is 0.129 e. The van der Waals surface area contributed by atoms with Crippen molar-refractivity contribution >= 4 is 0 Å². The van der Waals surface area contributed by atoms with Gasteiger partial charge < -0.3 is 10.4 Å². The van der Waals surface area contributed by atoms with Crippen LogP contribution < -0.4 is 5.32 Å². The Kier molecular flexibility index (Phi) is 4.13. The monoisotopic (exact) mass is 237 g/mol. The molecule has 0 spiro atoms. The molecule has 2 rings (SSSR count). The van der Waals surface area contributed by atoms with Gasteiger partial charge in [-0.2, -0.15) is 0 Å². The number of benzene rings is 1. The van der Waals surface area contributed by atoms with Crippen LogP contribution in [0.25, 0.3) is 0 Å². The van der Waals surface area contributed by atoms with Crippen LogP contribution in [-0.2, 0) is 0 Å². The van der Waals surface area contributed by atoms with Crippen molar-refractivity contribution in [3.63, 3.8) is 0 Å². The normalized spacial score (nSPS) is 26.8. The van der Waals surface area contributed by atoms with Crippen LogP contribution in [0.3, 0.4) is 0 Å². The Morgan fingerprint density at radius 1 is 1.47 bits per heavy atom. The molecule has 1 aliphatic heterocycles. The minimum Gasteiger partial charge on any atom is -0.387 e. The molecule has 1 saturated heterocycles. The van der Waals surface area contributed by atoms with Gasteiger partial charge in [0, 0.05) is 11.6 Å². The molecule has 2 N–H and O–H groups in total. The van der Waals surface area contributed by atoms with Crippen molar-refractivity contribution in [3.05, 3.63) is 35.6 Å². The van der Waals surface area contributed by atoms with Crippen molar-refractivity contribution < 1.29 is 9.50 Å². The molecule has 0 saturated carbocycles. The highest BCUT2D eigenvalue weighted by Gasteiger charge is 2.28. The van der Waals surface area contributed by atoms with Gasteiger partial charge in [-0.05, 0) is 31.4 Å². The van der Waals surface area contributed by atoms with E-state index in [0.717, 1.165) is 25.8 Å². The molecule has 3 heteroatoms. The summed E-state index contributed by atoms with van der Waals surface area (Å²) in [6.07, 6.45) is 2.45. The van der Waals surface area contributed by atoms with Crippen LogP contribution in [0.4, 0.5) is 4.39 Å². The lowest BCUT2D eigenvalue weighted by Gasteiger charge is -2.33. The molecule has 1 fully saturated rings. The average molecular weight is 237 g/mol. The average Bonchev–Trinajstić information content (AvgIpc) is 2.38. The number of nitrogens with one attached hydrogen (secondary N) is 1. The molecule has 1 aromatic carbocycles. The maximum absolute atomic E-state index is 13.6. The second kappa shape index (κ2) is 5.61. The smallest absolute Gasteiger partial charge is 0.129 e. The summed E-state index contributed by atoms with van der Waals surface area (Å²) in [6, 6.07) is 6.46. The summed E-state index contributed by atoms with van der Waals surface area (Å²) in [4.78, 5) is 0. The van der Waals surface area contributed by atoms with Gasteiger partial charge in [0.25, 0.3) is 0 Å². The zero-order chi connectivity index (χ0) is 12.3. The number of rotatable bonds is 3. The second-order valence-corrected chi connectivity index (χ2v) is 4.83. The van der Waals surface area contributed by atoms with Crippen molar-refractivity contribution in [2.24, 2.45) is 5.92 Å². The molecule has 1 aliphatic rings. The fraction of sp³-hybridized carbons (Fsp3) is 0.571. The van der Waals surface area contributed by atoms with E-state index in [9.17, 15) is 9.50 Å². The Bertz CT molecular complexity index is 369. The zero-order valence-corrected chi connectivity index (χ0v) is 10.2. The Hall–Kier alpha value is -0.930. The van der Waals surface area contributed by atoms with Gasteiger partial charge in [-0.25, -0.2) is 4.39 Å². The Morgan fingerprint density at radius 3 is 2.94 bits per heavy atom. The summed E-state index contributed by atoms with van der Waals surface area (Å²) in [5, 5.41) is 13.5. The first-order valence-electron chi connectivity index (χ1n) is 6.38. The Labute approximate surface area is 102 Å². The molecule has 1 heterocycles. The molecule has 0 bridgehead atoms. The second-order valence-electron chi connectivity index (χ2n) is 4.83. The van der Waals surface area contributed by atoms with E-state index >= 15 is 0 Å². The lowest BCUT2D eigenvalue weighted by Crippen LogP contribution is -2.42. The van der Waals surface area contributed by atoms with E-state index in [1.807, 2.05) is 0 Å². The maximum atomic E-state index is 13.6.